The van der Waals surface area contributed by atoms with Crippen molar-refractivity contribution in [2.45, 2.75) is 89.9 Å². The molecule has 2 spiro atoms. The highest BCUT2D eigenvalue weighted by Crippen LogP contribution is 2.78. The molecule has 9 atom stereocenters. The summed E-state index contributed by atoms with van der Waals surface area (Å²) in [5.41, 5.74) is -1.41. The summed E-state index contributed by atoms with van der Waals surface area (Å²) in [6, 6.07) is 8.17. The van der Waals surface area contributed by atoms with Gasteiger partial charge in [-0.15, -0.1) is 22.7 Å². The number of Topliss-reactive ketones (excluding diaryl/α,β-unsaturated/α-hetero) is 1. The van der Waals surface area contributed by atoms with Crippen LogP contribution in [0.1, 0.15) is 78.2 Å². The Bertz CT molecular complexity index is 1500. The summed E-state index contributed by atoms with van der Waals surface area (Å²) in [7, 11) is 0. The Hall–Kier alpha value is -1.65. The van der Waals surface area contributed by atoms with Gasteiger partial charge in [0, 0.05) is 51.2 Å². The van der Waals surface area contributed by atoms with Crippen molar-refractivity contribution in [3.8, 4) is 0 Å². The summed E-state index contributed by atoms with van der Waals surface area (Å²) < 4.78 is 0. The lowest BCUT2D eigenvalue weighted by atomic mass is 9.32. The van der Waals surface area contributed by atoms with E-state index in [0.29, 0.717) is 32.5 Å². The highest BCUT2D eigenvalue weighted by Gasteiger charge is 2.74. The van der Waals surface area contributed by atoms with Gasteiger partial charge in [0.1, 0.15) is 0 Å². The van der Waals surface area contributed by atoms with Gasteiger partial charge in [0.05, 0.1) is 29.3 Å². The molecule has 3 saturated carbocycles. The molecule has 6 aliphatic rings. The van der Waals surface area contributed by atoms with Crippen molar-refractivity contribution in [3.63, 3.8) is 0 Å². The Morgan fingerprint density at radius 3 is 2.53 bits per heavy atom. The number of thiophene rings is 2. The number of allylic oxidation sites excluding steroid dienone is 4. The zero-order chi connectivity index (χ0) is 31.8. The fourth-order valence-electron chi connectivity index (χ4n) is 11.0. The van der Waals surface area contributed by atoms with E-state index in [1.165, 1.54) is 4.88 Å². The largest absolute Gasteiger partial charge is 0.394 e. The third-order valence-electron chi connectivity index (χ3n) is 13.3. The third-order valence-corrected chi connectivity index (χ3v) is 15.3. The molecule has 0 amide bonds. The summed E-state index contributed by atoms with van der Waals surface area (Å²) >= 11 is 3.28. The second-order valence-electron chi connectivity index (χ2n) is 15.5. The first-order valence-corrected chi connectivity index (χ1v) is 18.6. The number of aryl methyl sites for hydroxylation is 1. The first kappa shape index (κ1) is 31.9. The van der Waals surface area contributed by atoms with Crippen molar-refractivity contribution in [2.24, 2.45) is 33.5 Å². The van der Waals surface area contributed by atoms with E-state index in [2.05, 4.69) is 54.5 Å². The van der Waals surface area contributed by atoms with E-state index in [1.807, 2.05) is 19.1 Å². The van der Waals surface area contributed by atoms with Gasteiger partial charge in [-0.25, -0.2) is 0 Å². The summed E-state index contributed by atoms with van der Waals surface area (Å²) in [6.45, 7) is 7.85. The minimum absolute atomic E-state index is 0.0594. The van der Waals surface area contributed by atoms with Gasteiger partial charge in [0.25, 0.3) is 0 Å². The lowest BCUT2D eigenvalue weighted by molar-refractivity contribution is -0.177. The van der Waals surface area contributed by atoms with Crippen molar-refractivity contribution < 1.29 is 25.2 Å². The number of fused-ring (bicyclic) bond motifs is 1. The second kappa shape index (κ2) is 11.2. The molecule has 2 aromatic heterocycles. The van der Waals surface area contributed by atoms with Crippen molar-refractivity contribution in [3.05, 3.63) is 68.1 Å². The molecule has 2 aromatic rings. The minimum atomic E-state index is -1.00. The molecule has 0 aromatic carbocycles. The van der Waals surface area contributed by atoms with Crippen LogP contribution in [0, 0.1) is 40.4 Å². The Labute approximate surface area is 275 Å². The lowest BCUT2D eigenvalue weighted by Crippen LogP contribution is -2.67. The van der Waals surface area contributed by atoms with E-state index in [-0.39, 0.29) is 41.2 Å². The Morgan fingerprint density at radius 2 is 1.82 bits per heavy atom. The highest BCUT2D eigenvalue weighted by atomic mass is 32.1. The summed E-state index contributed by atoms with van der Waals surface area (Å²) in [4.78, 5) is 19.9. The van der Waals surface area contributed by atoms with Gasteiger partial charge in [-0.1, -0.05) is 38.1 Å². The molecule has 2 bridgehead atoms. The molecule has 1 unspecified atom stereocenters. The Morgan fingerprint density at radius 1 is 1.07 bits per heavy atom. The van der Waals surface area contributed by atoms with E-state index in [1.54, 1.807) is 22.7 Å². The normalized spacial score (nSPS) is 40.6. The van der Waals surface area contributed by atoms with Crippen LogP contribution in [-0.4, -0.2) is 75.2 Å². The number of carbonyl (C=O) groups is 1. The summed E-state index contributed by atoms with van der Waals surface area (Å²) in [5, 5.41) is 46.0. The summed E-state index contributed by atoms with van der Waals surface area (Å²) in [5.74, 6) is 0.469. The number of aliphatic hydroxyl groups is 4. The smallest absolute Gasteiger partial charge is 0.199 e. The van der Waals surface area contributed by atoms with Crippen LogP contribution in [0.4, 0.5) is 0 Å². The van der Waals surface area contributed by atoms with Crippen LogP contribution in [0.3, 0.4) is 0 Å². The molecule has 3 fully saturated rings. The first-order chi connectivity index (χ1) is 21.4. The predicted octanol–water partition coefficient (Wildman–Crippen LogP) is 5.79. The number of carbonyl (C=O) groups excluding carboxylic acids is 1. The van der Waals surface area contributed by atoms with Gasteiger partial charge >= 0.3 is 0 Å². The van der Waals surface area contributed by atoms with Gasteiger partial charge < -0.3 is 20.4 Å². The van der Waals surface area contributed by atoms with Crippen LogP contribution >= 0.6 is 22.7 Å². The van der Waals surface area contributed by atoms with Crippen molar-refractivity contribution in [1.82, 2.24) is 4.90 Å². The van der Waals surface area contributed by atoms with Crippen LogP contribution in [0.25, 0.3) is 0 Å². The second-order valence-corrected chi connectivity index (χ2v) is 17.8. The number of hydrogen-bond acceptors (Lipinski definition) is 8. The minimum Gasteiger partial charge on any atom is -0.394 e. The quantitative estimate of drug-likeness (QED) is 0.192. The average molecular weight is 652 g/mol. The number of rotatable bonds is 10. The standard InChI is InChI=1S/C37H49NO5S2/c1-24-6-7-29(45-24)32(42)28-20-35-15-16-37(28)30(33(35,2)12-8-25(40)19-35)9-13-34(3)31(37)10-14-36(34,43)23-38(21-26(41)22-39)17-11-27-5-4-18-44-27/h4-7,15-16,18,20,25-26,30-31,39-41,43H,8-14,17,19,21-23H2,1-3H3/t25?,26-,30+,31+,33+,34-,35-,36+,37+/m0/s1. The predicted molar refractivity (Wildman–Crippen MR) is 180 cm³/mol. The van der Waals surface area contributed by atoms with Crippen LogP contribution in [0.2, 0.25) is 0 Å². The molecule has 45 heavy (non-hydrogen) atoms. The number of nitrogens with zero attached hydrogens (tertiary/aromatic N) is 1. The molecule has 0 saturated heterocycles. The molecule has 6 nitrogen and oxygen atoms in total. The fraction of sp³-hybridized carbons (Fsp3) is 0.649. The fourth-order valence-corrected chi connectivity index (χ4v) is 12.5. The molecule has 6 aliphatic carbocycles. The number of aliphatic hydroxyl groups excluding tert-OH is 3. The van der Waals surface area contributed by atoms with E-state index in [9.17, 15) is 25.2 Å². The molecule has 2 heterocycles. The van der Waals surface area contributed by atoms with Crippen molar-refractivity contribution >= 4 is 28.5 Å². The Kier molecular flexibility index (Phi) is 7.96. The van der Waals surface area contributed by atoms with Gasteiger partial charge in [-0.05, 0) is 99.1 Å². The van der Waals surface area contributed by atoms with Crippen LogP contribution in [0.5, 0.6) is 0 Å². The SMILES string of the molecule is Cc1ccc(C(=O)C2=C[C@@]34C=C[C@@]25[C@@H]2CC[C@@](O)(CN(CCc6cccs6)C[C@H](O)CO)[C@@]2(C)CC[C@@H]5[C@@]3(C)CCC(O)C4)s1. The molecule has 0 radical (unpaired) electrons. The Balaban J connectivity index is 1.28. The summed E-state index contributed by atoms with van der Waals surface area (Å²) in [6.07, 6.45) is 12.3. The monoisotopic (exact) mass is 651 g/mol. The maximum atomic E-state index is 14.6. The number of hydrogen-bond donors (Lipinski definition) is 4. The molecule has 8 rings (SSSR count). The first-order valence-electron chi connectivity index (χ1n) is 16.9. The third kappa shape index (κ3) is 4.68. The average Bonchev–Trinajstić information content (AvgIpc) is 3.75. The van der Waals surface area contributed by atoms with Crippen LogP contribution in [-0.2, 0) is 6.42 Å². The molecule has 244 valence electrons. The van der Waals surface area contributed by atoms with Gasteiger partial charge in [0.15, 0.2) is 5.78 Å². The van der Waals surface area contributed by atoms with Crippen LogP contribution in [0.15, 0.2) is 53.4 Å². The van der Waals surface area contributed by atoms with Crippen molar-refractivity contribution in [2.75, 3.05) is 26.2 Å². The molecule has 4 N–H and O–H groups in total. The zero-order valence-electron chi connectivity index (χ0n) is 26.9. The molecule has 8 heteroatoms. The maximum absolute atomic E-state index is 14.6. The van der Waals surface area contributed by atoms with E-state index in [0.717, 1.165) is 53.9 Å². The van der Waals surface area contributed by atoms with Gasteiger partial charge in [-0.3, -0.25) is 9.69 Å². The van der Waals surface area contributed by atoms with Crippen LogP contribution < -0.4 is 0 Å². The van der Waals surface area contributed by atoms with Gasteiger partial charge in [0.2, 0.25) is 0 Å². The van der Waals surface area contributed by atoms with E-state index in [4.69, 9.17) is 0 Å². The lowest BCUT2D eigenvalue weighted by Gasteiger charge is -2.71. The van der Waals surface area contributed by atoms with E-state index < -0.39 is 22.5 Å². The molecule has 0 aliphatic heterocycles. The number of ketones is 1. The molecular formula is C37H49NO5S2. The van der Waals surface area contributed by atoms with Crippen molar-refractivity contribution in [1.29, 1.82) is 0 Å². The maximum Gasteiger partial charge on any atom is 0.199 e. The topological polar surface area (TPSA) is 101 Å². The molecular weight excluding hydrogens is 603 g/mol. The van der Waals surface area contributed by atoms with Gasteiger partial charge in [-0.2, -0.15) is 0 Å². The highest BCUT2D eigenvalue weighted by molar-refractivity contribution is 7.14. The zero-order valence-corrected chi connectivity index (χ0v) is 28.5. The van der Waals surface area contributed by atoms with E-state index >= 15 is 0 Å².